The third kappa shape index (κ3) is 5.11. The summed E-state index contributed by atoms with van der Waals surface area (Å²) in [5, 5.41) is 1.97. The van der Waals surface area contributed by atoms with E-state index in [2.05, 4.69) is 4.98 Å². The topological polar surface area (TPSA) is 59.5 Å². The Morgan fingerprint density at radius 3 is 2.45 bits per heavy atom. The molecule has 31 heavy (non-hydrogen) atoms. The van der Waals surface area contributed by atoms with Gasteiger partial charge in [-0.05, 0) is 49.2 Å². The first-order chi connectivity index (χ1) is 14.6. The number of hydrogen-bond acceptors (Lipinski definition) is 5. The lowest BCUT2D eigenvalue weighted by molar-refractivity contribution is -0.138. The van der Waals surface area contributed by atoms with Crippen molar-refractivity contribution in [3.8, 4) is 0 Å². The van der Waals surface area contributed by atoms with Crippen LogP contribution in [0.4, 0.5) is 24.0 Å². The summed E-state index contributed by atoms with van der Waals surface area (Å²) < 4.78 is 44.3. The van der Waals surface area contributed by atoms with Crippen molar-refractivity contribution in [2.75, 3.05) is 4.90 Å². The van der Waals surface area contributed by atoms with Crippen molar-refractivity contribution in [1.82, 2.24) is 4.98 Å². The van der Waals surface area contributed by atoms with E-state index in [0.717, 1.165) is 23.3 Å². The number of carbonyl (C=O) groups excluding carboxylic acids is 2. The molecule has 162 valence electrons. The van der Waals surface area contributed by atoms with Crippen LogP contribution in [0.3, 0.4) is 0 Å². The van der Waals surface area contributed by atoms with Gasteiger partial charge in [-0.15, -0.1) is 11.3 Å². The molecule has 0 atom stereocenters. The maximum atomic E-state index is 13.1. The Morgan fingerprint density at radius 2 is 1.81 bits per heavy atom. The van der Waals surface area contributed by atoms with Crippen molar-refractivity contribution < 1.29 is 27.5 Å². The minimum atomic E-state index is -4.67. The number of anilines is 2. The standard InChI is InChI=1S/C22H19F3N2O3S/c1-13-8-9-17(10-14(13)2)27(15(3)28)21-26-16(12-31-21)11-30-20(29)18-6-4-5-7-19(18)22(23,24)25/h4-10,12H,11H2,1-3H3. The van der Waals surface area contributed by atoms with Crippen LogP contribution < -0.4 is 4.90 Å². The van der Waals surface area contributed by atoms with E-state index in [0.29, 0.717) is 16.5 Å². The zero-order chi connectivity index (χ0) is 22.8. The van der Waals surface area contributed by atoms with Crippen LogP contribution in [0.15, 0.2) is 47.8 Å². The molecule has 0 spiro atoms. The second-order valence-electron chi connectivity index (χ2n) is 6.86. The van der Waals surface area contributed by atoms with Crippen molar-refractivity contribution in [3.05, 3.63) is 75.8 Å². The van der Waals surface area contributed by atoms with Gasteiger partial charge in [-0.25, -0.2) is 9.78 Å². The average molecular weight is 448 g/mol. The number of amides is 1. The van der Waals surface area contributed by atoms with Gasteiger partial charge >= 0.3 is 12.1 Å². The summed E-state index contributed by atoms with van der Waals surface area (Å²) in [6.45, 7) is 4.98. The molecule has 0 aliphatic rings. The molecule has 0 bridgehead atoms. The van der Waals surface area contributed by atoms with Gasteiger partial charge in [-0.2, -0.15) is 13.2 Å². The number of aromatic nitrogens is 1. The van der Waals surface area contributed by atoms with Crippen LogP contribution in [0.1, 0.15) is 39.7 Å². The first kappa shape index (κ1) is 22.5. The molecule has 3 aromatic rings. The van der Waals surface area contributed by atoms with Crippen molar-refractivity contribution in [1.29, 1.82) is 0 Å². The zero-order valence-corrected chi connectivity index (χ0v) is 17.8. The molecule has 0 aliphatic heterocycles. The number of benzene rings is 2. The highest BCUT2D eigenvalue weighted by atomic mass is 32.1. The molecule has 1 aromatic heterocycles. The van der Waals surface area contributed by atoms with Crippen LogP contribution in [0.5, 0.6) is 0 Å². The number of thiazole rings is 1. The predicted molar refractivity (Wildman–Crippen MR) is 111 cm³/mol. The number of alkyl halides is 3. The Labute approximate surface area is 181 Å². The molecule has 0 saturated heterocycles. The Bertz CT molecular complexity index is 1130. The number of hydrogen-bond donors (Lipinski definition) is 0. The lowest BCUT2D eigenvalue weighted by atomic mass is 10.1. The van der Waals surface area contributed by atoms with E-state index < -0.39 is 23.3 Å². The van der Waals surface area contributed by atoms with Gasteiger partial charge in [-0.3, -0.25) is 9.69 Å². The molecular weight excluding hydrogens is 429 g/mol. The second-order valence-corrected chi connectivity index (χ2v) is 7.70. The molecule has 3 rings (SSSR count). The third-order valence-corrected chi connectivity index (χ3v) is 5.47. The maximum Gasteiger partial charge on any atom is 0.417 e. The van der Waals surface area contributed by atoms with Crippen LogP contribution in [-0.4, -0.2) is 16.9 Å². The number of aryl methyl sites for hydroxylation is 2. The fourth-order valence-electron chi connectivity index (χ4n) is 2.88. The molecule has 5 nitrogen and oxygen atoms in total. The molecule has 0 radical (unpaired) electrons. The monoisotopic (exact) mass is 448 g/mol. The van der Waals surface area contributed by atoms with Crippen LogP contribution in [0, 0.1) is 13.8 Å². The van der Waals surface area contributed by atoms with Gasteiger partial charge in [-0.1, -0.05) is 18.2 Å². The summed E-state index contributed by atoms with van der Waals surface area (Å²) in [6, 6.07) is 10.00. The summed E-state index contributed by atoms with van der Waals surface area (Å²) in [4.78, 5) is 30.2. The van der Waals surface area contributed by atoms with Crippen LogP contribution in [0.2, 0.25) is 0 Å². The lowest BCUT2D eigenvalue weighted by Gasteiger charge is -2.19. The molecule has 0 aliphatic carbocycles. The SMILES string of the molecule is CC(=O)N(c1ccc(C)c(C)c1)c1nc(COC(=O)c2ccccc2C(F)(F)F)cs1. The molecule has 1 heterocycles. The summed E-state index contributed by atoms with van der Waals surface area (Å²) in [7, 11) is 0. The van der Waals surface area contributed by atoms with Gasteiger partial charge in [0.2, 0.25) is 5.91 Å². The summed E-state index contributed by atoms with van der Waals surface area (Å²) in [6.07, 6.45) is -4.67. The van der Waals surface area contributed by atoms with Crippen LogP contribution in [0.25, 0.3) is 0 Å². The highest BCUT2D eigenvalue weighted by Crippen LogP contribution is 2.33. The van der Waals surface area contributed by atoms with Gasteiger partial charge in [0.15, 0.2) is 5.13 Å². The minimum Gasteiger partial charge on any atom is -0.456 e. The van der Waals surface area contributed by atoms with Crippen molar-refractivity contribution in [2.24, 2.45) is 0 Å². The highest BCUT2D eigenvalue weighted by molar-refractivity contribution is 7.14. The minimum absolute atomic E-state index is 0.250. The Kier molecular flexibility index (Phi) is 6.45. The molecule has 1 amide bonds. The fraction of sp³-hybridized carbons (Fsp3) is 0.227. The first-order valence-corrected chi connectivity index (χ1v) is 10.1. The molecule has 0 fully saturated rings. The van der Waals surface area contributed by atoms with Gasteiger partial charge in [0, 0.05) is 12.3 Å². The van der Waals surface area contributed by atoms with E-state index in [1.165, 1.54) is 35.3 Å². The lowest BCUT2D eigenvalue weighted by Crippen LogP contribution is -2.22. The van der Waals surface area contributed by atoms with Crippen molar-refractivity contribution in [3.63, 3.8) is 0 Å². The van der Waals surface area contributed by atoms with E-state index in [4.69, 9.17) is 4.74 Å². The molecule has 9 heteroatoms. The molecule has 0 saturated carbocycles. The second kappa shape index (κ2) is 8.89. The normalized spacial score (nSPS) is 11.3. The molecule has 0 unspecified atom stereocenters. The van der Waals surface area contributed by atoms with Gasteiger partial charge in [0.1, 0.15) is 6.61 Å². The molecule has 0 N–H and O–H groups in total. The fourth-order valence-corrected chi connectivity index (χ4v) is 3.75. The smallest absolute Gasteiger partial charge is 0.417 e. The average Bonchev–Trinajstić information content (AvgIpc) is 3.16. The van der Waals surface area contributed by atoms with E-state index >= 15 is 0 Å². The summed E-state index contributed by atoms with van der Waals surface area (Å²) in [5.74, 6) is -1.35. The zero-order valence-electron chi connectivity index (χ0n) is 17.0. The number of esters is 1. The Morgan fingerprint density at radius 1 is 1.10 bits per heavy atom. The number of rotatable bonds is 5. The Hall–Kier alpha value is -3.20. The number of nitrogens with zero attached hydrogens (tertiary/aromatic N) is 2. The van der Waals surface area contributed by atoms with E-state index in [-0.39, 0.29) is 12.5 Å². The van der Waals surface area contributed by atoms with Gasteiger partial charge in [0.05, 0.1) is 22.5 Å². The first-order valence-electron chi connectivity index (χ1n) is 9.23. The molecule has 2 aromatic carbocycles. The van der Waals surface area contributed by atoms with Crippen LogP contribution in [-0.2, 0) is 22.3 Å². The molecular formula is C22H19F3N2O3S. The maximum absolute atomic E-state index is 13.1. The van der Waals surface area contributed by atoms with E-state index in [1.807, 2.05) is 26.0 Å². The number of ether oxygens (including phenoxy) is 1. The Balaban J connectivity index is 1.77. The van der Waals surface area contributed by atoms with Crippen molar-refractivity contribution in [2.45, 2.75) is 33.6 Å². The van der Waals surface area contributed by atoms with E-state index in [9.17, 15) is 22.8 Å². The third-order valence-electron chi connectivity index (χ3n) is 4.60. The van der Waals surface area contributed by atoms with Crippen LogP contribution >= 0.6 is 11.3 Å². The number of carbonyl (C=O) groups is 2. The summed E-state index contributed by atoms with van der Waals surface area (Å²) in [5.41, 5.74) is 1.44. The number of halogens is 3. The largest absolute Gasteiger partial charge is 0.456 e. The van der Waals surface area contributed by atoms with E-state index in [1.54, 1.807) is 11.4 Å². The van der Waals surface area contributed by atoms with Gasteiger partial charge < -0.3 is 4.74 Å². The predicted octanol–water partition coefficient (Wildman–Crippen LogP) is 5.82. The summed E-state index contributed by atoms with van der Waals surface area (Å²) >= 11 is 1.17. The highest BCUT2D eigenvalue weighted by Gasteiger charge is 2.35. The quantitative estimate of drug-likeness (QED) is 0.462. The van der Waals surface area contributed by atoms with Crippen molar-refractivity contribution >= 4 is 34.0 Å². The van der Waals surface area contributed by atoms with Gasteiger partial charge in [0.25, 0.3) is 0 Å².